The van der Waals surface area contributed by atoms with E-state index in [1.807, 2.05) is 6.07 Å². The Balaban J connectivity index is 1.85. The van der Waals surface area contributed by atoms with Crippen LogP contribution in [0.3, 0.4) is 0 Å². The maximum atomic E-state index is 10.4. The zero-order chi connectivity index (χ0) is 13.0. The third-order valence-electron chi connectivity index (χ3n) is 3.01. The van der Waals surface area contributed by atoms with E-state index < -0.39 is 6.09 Å². The van der Waals surface area contributed by atoms with Crippen LogP contribution in [-0.4, -0.2) is 25.9 Å². The van der Waals surface area contributed by atoms with Crippen molar-refractivity contribution in [2.75, 3.05) is 19.8 Å². The van der Waals surface area contributed by atoms with Gasteiger partial charge in [0.15, 0.2) is 0 Å². The summed E-state index contributed by atoms with van der Waals surface area (Å²) in [6.07, 6.45) is 0.236. The predicted octanol–water partition coefficient (Wildman–Crippen LogP) is 1.37. The fourth-order valence-corrected chi connectivity index (χ4v) is 2.02. The Labute approximate surface area is 106 Å². The van der Waals surface area contributed by atoms with Crippen molar-refractivity contribution in [3.63, 3.8) is 0 Å². The summed E-state index contributed by atoms with van der Waals surface area (Å²) in [5.41, 5.74) is 7.34. The number of carbonyl (C=O) groups is 1. The van der Waals surface area contributed by atoms with E-state index >= 15 is 0 Å². The van der Waals surface area contributed by atoms with Crippen LogP contribution in [-0.2, 0) is 11.2 Å². The summed E-state index contributed by atoms with van der Waals surface area (Å²) in [6.45, 7) is 3.71. The van der Waals surface area contributed by atoms with Crippen molar-refractivity contribution >= 4 is 6.09 Å². The van der Waals surface area contributed by atoms with Gasteiger partial charge in [0, 0.05) is 19.0 Å². The van der Waals surface area contributed by atoms with Crippen LogP contribution in [0.5, 0.6) is 5.75 Å². The van der Waals surface area contributed by atoms with Gasteiger partial charge in [-0.25, -0.2) is 4.79 Å². The van der Waals surface area contributed by atoms with Crippen LogP contribution in [0.15, 0.2) is 18.2 Å². The second-order valence-corrected chi connectivity index (χ2v) is 4.31. The summed E-state index contributed by atoms with van der Waals surface area (Å²) < 4.78 is 10.1. The third kappa shape index (κ3) is 3.13. The van der Waals surface area contributed by atoms with E-state index in [0.29, 0.717) is 6.54 Å². The number of nitrogens with one attached hydrogen (secondary N) is 1. The van der Waals surface area contributed by atoms with E-state index in [0.717, 1.165) is 18.8 Å². The number of carbonyl (C=O) groups excluding carboxylic acids is 1. The highest BCUT2D eigenvalue weighted by atomic mass is 16.5. The molecule has 1 aliphatic rings. The number of rotatable bonds is 5. The Morgan fingerprint density at radius 3 is 3.22 bits per heavy atom. The number of primary amides is 1. The molecule has 0 aromatic heterocycles. The molecule has 0 radical (unpaired) electrons. The standard InChI is InChI=1S/C13H18N2O3/c1-9(15-5-7-18-13(14)16)10-2-3-12-11(8-10)4-6-17-12/h2-3,8-9,15H,4-7H2,1H3,(H2,14,16). The number of fused-ring (bicyclic) bond motifs is 1. The molecule has 1 heterocycles. The van der Waals surface area contributed by atoms with Gasteiger partial charge < -0.3 is 20.5 Å². The lowest BCUT2D eigenvalue weighted by Crippen LogP contribution is -2.25. The summed E-state index contributed by atoms with van der Waals surface area (Å²) >= 11 is 0. The van der Waals surface area contributed by atoms with Crippen LogP contribution < -0.4 is 15.8 Å². The Kier molecular flexibility index (Phi) is 4.04. The quantitative estimate of drug-likeness (QED) is 0.774. The smallest absolute Gasteiger partial charge is 0.404 e. The number of amides is 1. The number of hydrogen-bond acceptors (Lipinski definition) is 4. The molecule has 0 bridgehead atoms. The summed E-state index contributed by atoms with van der Waals surface area (Å²) in [5, 5.41) is 3.27. The maximum absolute atomic E-state index is 10.4. The molecule has 0 saturated heterocycles. The van der Waals surface area contributed by atoms with Crippen LogP contribution in [0, 0.1) is 0 Å². The average molecular weight is 250 g/mol. The number of ether oxygens (including phenoxy) is 2. The minimum absolute atomic E-state index is 0.201. The molecule has 2 rings (SSSR count). The van der Waals surface area contributed by atoms with Crippen molar-refractivity contribution in [1.82, 2.24) is 5.32 Å². The Hall–Kier alpha value is -1.75. The predicted molar refractivity (Wildman–Crippen MR) is 67.6 cm³/mol. The van der Waals surface area contributed by atoms with Crippen molar-refractivity contribution in [1.29, 1.82) is 0 Å². The average Bonchev–Trinajstić information content (AvgIpc) is 2.81. The molecule has 0 aliphatic carbocycles. The lowest BCUT2D eigenvalue weighted by atomic mass is 10.0. The second kappa shape index (κ2) is 5.73. The molecular formula is C13H18N2O3. The molecule has 1 aromatic carbocycles. The van der Waals surface area contributed by atoms with E-state index in [9.17, 15) is 4.79 Å². The van der Waals surface area contributed by atoms with Crippen molar-refractivity contribution in [2.45, 2.75) is 19.4 Å². The molecule has 1 amide bonds. The first-order valence-corrected chi connectivity index (χ1v) is 6.08. The zero-order valence-corrected chi connectivity index (χ0v) is 10.4. The van der Waals surface area contributed by atoms with E-state index in [-0.39, 0.29) is 12.6 Å². The van der Waals surface area contributed by atoms with Gasteiger partial charge in [-0.2, -0.15) is 0 Å². The van der Waals surface area contributed by atoms with Crippen molar-refractivity contribution < 1.29 is 14.3 Å². The molecule has 5 nitrogen and oxygen atoms in total. The van der Waals surface area contributed by atoms with Gasteiger partial charge in [0.25, 0.3) is 0 Å². The third-order valence-corrected chi connectivity index (χ3v) is 3.01. The van der Waals surface area contributed by atoms with E-state index in [1.165, 1.54) is 11.1 Å². The van der Waals surface area contributed by atoms with Gasteiger partial charge in [0.05, 0.1) is 6.61 Å². The van der Waals surface area contributed by atoms with Gasteiger partial charge in [0.1, 0.15) is 12.4 Å². The summed E-state index contributed by atoms with van der Waals surface area (Å²) in [6, 6.07) is 6.42. The summed E-state index contributed by atoms with van der Waals surface area (Å²) in [4.78, 5) is 10.4. The van der Waals surface area contributed by atoms with Gasteiger partial charge >= 0.3 is 6.09 Å². The van der Waals surface area contributed by atoms with Gasteiger partial charge in [-0.1, -0.05) is 12.1 Å². The minimum Gasteiger partial charge on any atom is -0.493 e. The second-order valence-electron chi connectivity index (χ2n) is 4.31. The van der Waals surface area contributed by atoms with Gasteiger partial charge in [-0.05, 0) is 24.1 Å². The van der Waals surface area contributed by atoms with E-state index in [4.69, 9.17) is 10.5 Å². The number of hydrogen-bond donors (Lipinski definition) is 2. The van der Waals surface area contributed by atoms with Gasteiger partial charge in [-0.15, -0.1) is 0 Å². The first-order valence-electron chi connectivity index (χ1n) is 6.08. The highest BCUT2D eigenvalue weighted by molar-refractivity contribution is 5.64. The van der Waals surface area contributed by atoms with E-state index in [1.54, 1.807) is 0 Å². The first kappa shape index (κ1) is 12.7. The summed E-state index contributed by atoms with van der Waals surface area (Å²) in [5.74, 6) is 0.989. The van der Waals surface area contributed by atoms with Gasteiger partial charge in [0.2, 0.25) is 0 Å². The Morgan fingerprint density at radius 1 is 1.61 bits per heavy atom. The summed E-state index contributed by atoms with van der Waals surface area (Å²) in [7, 11) is 0. The maximum Gasteiger partial charge on any atom is 0.404 e. The number of benzene rings is 1. The van der Waals surface area contributed by atoms with Crippen LogP contribution >= 0.6 is 0 Å². The molecule has 98 valence electrons. The van der Waals surface area contributed by atoms with Crippen LogP contribution in [0.2, 0.25) is 0 Å². The van der Waals surface area contributed by atoms with Crippen LogP contribution in [0.25, 0.3) is 0 Å². The van der Waals surface area contributed by atoms with Crippen molar-refractivity contribution in [3.05, 3.63) is 29.3 Å². The molecule has 0 saturated carbocycles. The monoisotopic (exact) mass is 250 g/mol. The molecular weight excluding hydrogens is 232 g/mol. The Morgan fingerprint density at radius 2 is 2.44 bits per heavy atom. The molecule has 0 fully saturated rings. The number of nitrogens with two attached hydrogens (primary N) is 1. The minimum atomic E-state index is -0.737. The normalized spacial score (nSPS) is 14.7. The molecule has 5 heteroatoms. The molecule has 1 aliphatic heterocycles. The largest absolute Gasteiger partial charge is 0.493 e. The van der Waals surface area contributed by atoms with E-state index in [2.05, 4.69) is 29.1 Å². The van der Waals surface area contributed by atoms with Gasteiger partial charge in [-0.3, -0.25) is 0 Å². The first-order chi connectivity index (χ1) is 8.66. The SMILES string of the molecule is CC(NCCOC(N)=O)c1ccc2c(c1)CCO2. The van der Waals surface area contributed by atoms with Crippen molar-refractivity contribution in [3.8, 4) is 5.75 Å². The van der Waals surface area contributed by atoms with Crippen LogP contribution in [0.4, 0.5) is 4.79 Å². The highest BCUT2D eigenvalue weighted by Crippen LogP contribution is 2.27. The molecule has 18 heavy (non-hydrogen) atoms. The van der Waals surface area contributed by atoms with Crippen LogP contribution in [0.1, 0.15) is 24.1 Å². The lowest BCUT2D eigenvalue weighted by Gasteiger charge is -2.15. The molecule has 1 aromatic rings. The molecule has 1 unspecified atom stereocenters. The highest BCUT2D eigenvalue weighted by Gasteiger charge is 2.14. The fraction of sp³-hybridized carbons (Fsp3) is 0.462. The fourth-order valence-electron chi connectivity index (χ4n) is 2.02. The molecule has 0 spiro atoms. The van der Waals surface area contributed by atoms with Crippen molar-refractivity contribution in [2.24, 2.45) is 5.73 Å². The lowest BCUT2D eigenvalue weighted by molar-refractivity contribution is 0.156. The zero-order valence-electron chi connectivity index (χ0n) is 10.4. The molecule has 1 atom stereocenters. The molecule has 3 N–H and O–H groups in total. The Bertz CT molecular complexity index is 434. The topological polar surface area (TPSA) is 73.6 Å².